The number of aryl methyl sites for hydroxylation is 1. The lowest BCUT2D eigenvalue weighted by molar-refractivity contribution is 0.414. The van der Waals surface area contributed by atoms with E-state index in [4.69, 9.17) is 19.7 Å². The number of aromatic nitrogens is 5. The molecule has 0 N–H and O–H groups in total. The normalized spacial score (nSPS) is 11.4. The van der Waals surface area contributed by atoms with Gasteiger partial charge in [0.05, 0.1) is 24.7 Å². The monoisotopic (exact) mass is 425 g/mol. The van der Waals surface area contributed by atoms with Crippen LogP contribution < -0.4 is 10.3 Å². The van der Waals surface area contributed by atoms with E-state index in [9.17, 15) is 4.79 Å². The second-order valence-corrected chi connectivity index (χ2v) is 7.60. The number of hydrogen-bond acceptors (Lipinski definition) is 5. The van der Waals surface area contributed by atoms with E-state index in [2.05, 4.69) is 6.58 Å². The van der Waals surface area contributed by atoms with Crippen LogP contribution >= 0.6 is 0 Å². The molecular formula is C25H23N5O2. The predicted octanol–water partition coefficient (Wildman–Crippen LogP) is 4.10. The van der Waals surface area contributed by atoms with Gasteiger partial charge in [0.2, 0.25) is 0 Å². The van der Waals surface area contributed by atoms with E-state index in [-0.39, 0.29) is 5.56 Å². The van der Waals surface area contributed by atoms with Gasteiger partial charge in [-0.3, -0.25) is 9.36 Å². The fourth-order valence-corrected chi connectivity index (χ4v) is 4.09. The van der Waals surface area contributed by atoms with Crippen molar-refractivity contribution in [1.82, 2.24) is 24.1 Å². The van der Waals surface area contributed by atoms with Crippen molar-refractivity contribution in [3.05, 3.63) is 82.9 Å². The van der Waals surface area contributed by atoms with Crippen LogP contribution in [-0.4, -0.2) is 31.2 Å². The first kappa shape index (κ1) is 19.9. The number of methoxy groups -OCH3 is 1. The molecule has 0 radical (unpaired) electrons. The van der Waals surface area contributed by atoms with E-state index < -0.39 is 0 Å². The van der Waals surface area contributed by atoms with E-state index in [1.165, 1.54) is 0 Å². The molecule has 0 aliphatic heterocycles. The average Bonchev–Trinajstić information content (AvgIpc) is 3.12. The van der Waals surface area contributed by atoms with Crippen molar-refractivity contribution >= 4 is 33.2 Å². The topological polar surface area (TPSA) is 74.8 Å². The SMILES string of the molecule is C=CCn1c(CC)nc2c(c1=O)c1nc3ccccc3nc1n2Cc1ccc(OC)cc1. The largest absolute Gasteiger partial charge is 0.497 e. The van der Waals surface area contributed by atoms with Crippen LogP contribution in [0.25, 0.3) is 33.2 Å². The Morgan fingerprint density at radius 1 is 0.969 bits per heavy atom. The summed E-state index contributed by atoms with van der Waals surface area (Å²) in [6.45, 7) is 6.71. The van der Waals surface area contributed by atoms with Crippen LogP contribution in [-0.2, 0) is 19.5 Å². The number of benzene rings is 2. The molecule has 0 aliphatic rings. The average molecular weight is 425 g/mol. The Kier molecular flexibility index (Phi) is 4.93. The van der Waals surface area contributed by atoms with Gasteiger partial charge in [-0.1, -0.05) is 37.3 Å². The van der Waals surface area contributed by atoms with Gasteiger partial charge < -0.3 is 9.30 Å². The first-order chi connectivity index (χ1) is 15.6. The third kappa shape index (κ3) is 3.13. The molecule has 7 heteroatoms. The van der Waals surface area contributed by atoms with Crippen LogP contribution in [0.2, 0.25) is 0 Å². The summed E-state index contributed by atoms with van der Waals surface area (Å²) in [4.78, 5) is 28.2. The van der Waals surface area contributed by atoms with Crippen molar-refractivity contribution < 1.29 is 4.74 Å². The van der Waals surface area contributed by atoms with E-state index in [1.54, 1.807) is 17.8 Å². The molecule has 0 atom stereocenters. The Morgan fingerprint density at radius 3 is 2.34 bits per heavy atom. The smallest absolute Gasteiger partial charge is 0.265 e. The van der Waals surface area contributed by atoms with Crippen LogP contribution in [0.4, 0.5) is 0 Å². The second-order valence-electron chi connectivity index (χ2n) is 7.60. The standard InChI is InChI=1S/C25H23N5O2/c1-4-14-29-20(5-2)28-23-21(25(29)31)22-24(27-19-9-7-6-8-18(19)26-22)30(23)15-16-10-12-17(32-3)13-11-16/h4,6-13H,1,5,14-15H2,2-3H3. The quantitative estimate of drug-likeness (QED) is 0.383. The van der Waals surface area contributed by atoms with Crippen LogP contribution in [0, 0.1) is 0 Å². The number of hydrogen-bond donors (Lipinski definition) is 0. The van der Waals surface area contributed by atoms with Gasteiger partial charge in [-0.25, -0.2) is 15.0 Å². The van der Waals surface area contributed by atoms with E-state index in [0.29, 0.717) is 47.5 Å². The van der Waals surface area contributed by atoms with Crippen LogP contribution in [0.1, 0.15) is 18.3 Å². The molecule has 5 aromatic rings. The first-order valence-corrected chi connectivity index (χ1v) is 10.6. The van der Waals surface area contributed by atoms with E-state index in [0.717, 1.165) is 22.3 Å². The minimum absolute atomic E-state index is 0.116. The van der Waals surface area contributed by atoms with E-state index in [1.807, 2.05) is 60.0 Å². The predicted molar refractivity (Wildman–Crippen MR) is 126 cm³/mol. The molecule has 160 valence electrons. The zero-order valence-electron chi connectivity index (χ0n) is 18.1. The highest BCUT2D eigenvalue weighted by Gasteiger charge is 2.21. The maximum atomic E-state index is 13.6. The molecule has 0 saturated heterocycles. The second kappa shape index (κ2) is 7.92. The summed E-state index contributed by atoms with van der Waals surface area (Å²) in [5.41, 5.74) is 4.29. The molecule has 3 aromatic heterocycles. The van der Waals surface area contributed by atoms with Crippen molar-refractivity contribution in [3.8, 4) is 5.75 Å². The number of para-hydroxylation sites is 2. The number of fused-ring (bicyclic) bond motifs is 4. The number of allylic oxidation sites excluding steroid dienone is 1. The third-order valence-corrected chi connectivity index (χ3v) is 5.66. The fraction of sp³-hybridized carbons (Fsp3) is 0.200. The minimum atomic E-state index is -0.116. The maximum Gasteiger partial charge on any atom is 0.265 e. The Bertz CT molecular complexity index is 1530. The molecule has 7 nitrogen and oxygen atoms in total. The molecule has 32 heavy (non-hydrogen) atoms. The summed E-state index contributed by atoms with van der Waals surface area (Å²) >= 11 is 0. The number of nitrogens with zero attached hydrogens (tertiary/aromatic N) is 5. The van der Waals surface area contributed by atoms with Crippen LogP contribution in [0.5, 0.6) is 5.75 Å². The van der Waals surface area contributed by atoms with Crippen molar-refractivity contribution in [3.63, 3.8) is 0 Å². The summed E-state index contributed by atoms with van der Waals surface area (Å²) in [5, 5.41) is 0.491. The highest BCUT2D eigenvalue weighted by Crippen LogP contribution is 2.27. The first-order valence-electron chi connectivity index (χ1n) is 10.6. The minimum Gasteiger partial charge on any atom is -0.497 e. The van der Waals surface area contributed by atoms with Crippen molar-refractivity contribution in [2.75, 3.05) is 7.11 Å². The van der Waals surface area contributed by atoms with Crippen LogP contribution in [0.15, 0.2) is 66.0 Å². The number of rotatable bonds is 6. The van der Waals surface area contributed by atoms with Crippen LogP contribution in [0.3, 0.4) is 0 Å². The molecule has 5 rings (SSSR count). The molecule has 0 spiro atoms. The van der Waals surface area contributed by atoms with E-state index >= 15 is 0 Å². The lowest BCUT2D eigenvalue weighted by Crippen LogP contribution is -2.25. The molecule has 0 aliphatic carbocycles. The molecular weight excluding hydrogens is 402 g/mol. The lowest BCUT2D eigenvalue weighted by atomic mass is 10.2. The molecule has 2 aromatic carbocycles. The Hall–Kier alpha value is -4.00. The molecule has 0 unspecified atom stereocenters. The highest BCUT2D eigenvalue weighted by atomic mass is 16.5. The summed E-state index contributed by atoms with van der Waals surface area (Å²) in [7, 11) is 1.65. The Labute approximate surface area is 184 Å². The maximum absolute atomic E-state index is 13.6. The van der Waals surface area contributed by atoms with Crippen molar-refractivity contribution in [1.29, 1.82) is 0 Å². The molecule has 0 amide bonds. The summed E-state index contributed by atoms with van der Waals surface area (Å²) in [5.74, 6) is 1.51. The fourth-order valence-electron chi connectivity index (χ4n) is 4.09. The molecule has 0 saturated carbocycles. The van der Waals surface area contributed by atoms with Gasteiger partial charge in [0.1, 0.15) is 22.5 Å². The van der Waals surface area contributed by atoms with Gasteiger partial charge in [-0.15, -0.1) is 6.58 Å². The lowest BCUT2D eigenvalue weighted by Gasteiger charge is -2.11. The number of ether oxygens (including phenoxy) is 1. The van der Waals surface area contributed by atoms with Gasteiger partial charge in [-0.05, 0) is 29.8 Å². The van der Waals surface area contributed by atoms with Gasteiger partial charge in [0.15, 0.2) is 11.3 Å². The highest BCUT2D eigenvalue weighted by molar-refractivity contribution is 6.04. The molecule has 0 bridgehead atoms. The zero-order valence-corrected chi connectivity index (χ0v) is 18.1. The summed E-state index contributed by atoms with van der Waals surface area (Å²) in [6.07, 6.45) is 2.34. The van der Waals surface area contributed by atoms with Gasteiger partial charge in [-0.2, -0.15) is 0 Å². The van der Waals surface area contributed by atoms with Crippen molar-refractivity contribution in [2.24, 2.45) is 0 Å². The van der Waals surface area contributed by atoms with Gasteiger partial charge >= 0.3 is 0 Å². The summed E-state index contributed by atoms with van der Waals surface area (Å²) in [6, 6.07) is 15.5. The zero-order chi connectivity index (χ0) is 22.2. The van der Waals surface area contributed by atoms with Gasteiger partial charge in [0, 0.05) is 13.0 Å². The van der Waals surface area contributed by atoms with Gasteiger partial charge in [0.25, 0.3) is 5.56 Å². The molecule has 3 heterocycles. The third-order valence-electron chi connectivity index (χ3n) is 5.66. The summed E-state index contributed by atoms with van der Waals surface area (Å²) < 4.78 is 8.94. The Balaban J connectivity index is 1.86. The Morgan fingerprint density at radius 2 is 1.69 bits per heavy atom. The van der Waals surface area contributed by atoms with Crippen molar-refractivity contribution in [2.45, 2.75) is 26.4 Å². The molecule has 0 fully saturated rings.